The number of benzene rings is 1. The fraction of sp³-hybridized carbons (Fsp3) is 0.500. The lowest BCUT2D eigenvalue weighted by Gasteiger charge is -2.21. The number of nitrogens with one attached hydrogen (secondary N) is 1. The van der Waals surface area contributed by atoms with Gasteiger partial charge in [0.15, 0.2) is 0 Å². The lowest BCUT2D eigenvalue weighted by atomic mass is 10.1. The quantitative estimate of drug-likeness (QED) is 0.737. The molecule has 156 valence electrons. The standard InChI is InChI=1S/C22H30FN5O/c1-24-20-14-18(25-22(26-20)19-7-5-13-27(19)2)15-28(3)21(29)8-4-6-16-9-11-17(23)12-10-16/h9-12,14,19H,4-8,13,15H2,1-3H3,(H,24,25,26)/t19-/m1/s1. The number of nitrogens with zero attached hydrogens (tertiary/aromatic N) is 4. The first kappa shape index (κ1) is 21.2. The van der Waals surface area contributed by atoms with Gasteiger partial charge in [-0.25, -0.2) is 14.4 Å². The van der Waals surface area contributed by atoms with Crippen molar-refractivity contribution in [2.45, 2.75) is 44.7 Å². The van der Waals surface area contributed by atoms with Crippen LogP contribution in [-0.2, 0) is 17.8 Å². The van der Waals surface area contributed by atoms with Crippen LogP contribution < -0.4 is 5.32 Å². The third-order valence-electron chi connectivity index (χ3n) is 5.47. The molecule has 1 saturated heterocycles. The van der Waals surface area contributed by atoms with Crippen LogP contribution in [0.2, 0.25) is 0 Å². The van der Waals surface area contributed by atoms with E-state index in [1.807, 2.05) is 20.2 Å². The molecule has 1 N–H and O–H groups in total. The van der Waals surface area contributed by atoms with E-state index in [1.165, 1.54) is 12.1 Å². The Morgan fingerprint density at radius 3 is 2.72 bits per heavy atom. The molecular weight excluding hydrogens is 369 g/mol. The van der Waals surface area contributed by atoms with Crippen molar-refractivity contribution in [3.05, 3.63) is 53.2 Å². The van der Waals surface area contributed by atoms with Crippen molar-refractivity contribution in [1.82, 2.24) is 19.8 Å². The third-order valence-corrected chi connectivity index (χ3v) is 5.47. The summed E-state index contributed by atoms with van der Waals surface area (Å²) in [6, 6.07) is 8.59. The molecule has 0 aliphatic carbocycles. The molecule has 0 radical (unpaired) electrons. The third kappa shape index (κ3) is 5.73. The second-order valence-electron chi connectivity index (χ2n) is 7.72. The number of hydrogen-bond acceptors (Lipinski definition) is 5. The van der Waals surface area contributed by atoms with E-state index < -0.39 is 0 Å². The molecule has 2 heterocycles. The van der Waals surface area contributed by atoms with Crippen LogP contribution in [0.4, 0.5) is 10.2 Å². The van der Waals surface area contributed by atoms with Crippen LogP contribution in [0, 0.1) is 5.82 Å². The van der Waals surface area contributed by atoms with Gasteiger partial charge in [0.1, 0.15) is 17.5 Å². The summed E-state index contributed by atoms with van der Waals surface area (Å²) in [4.78, 5) is 25.9. The molecule has 1 aromatic heterocycles. The van der Waals surface area contributed by atoms with E-state index in [4.69, 9.17) is 4.98 Å². The van der Waals surface area contributed by atoms with Crippen molar-refractivity contribution in [3.8, 4) is 0 Å². The monoisotopic (exact) mass is 399 g/mol. The second kappa shape index (κ2) is 9.78. The first-order valence-electron chi connectivity index (χ1n) is 10.2. The molecule has 1 fully saturated rings. The average molecular weight is 400 g/mol. The topological polar surface area (TPSA) is 61.4 Å². The smallest absolute Gasteiger partial charge is 0.222 e. The molecular formula is C22H30FN5O. The fourth-order valence-electron chi connectivity index (χ4n) is 3.73. The van der Waals surface area contributed by atoms with Crippen LogP contribution in [-0.4, -0.2) is 53.4 Å². The number of halogens is 1. The number of aromatic nitrogens is 2. The lowest BCUT2D eigenvalue weighted by Crippen LogP contribution is -2.27. The molecule has 1 aromatic carbocycles. The van der Waals surface area contributed by atoms with Crippen molar-refractivity contribution >= 4 is 11.7 Å². The zero-order chi connectivity index (χ0) is 20.8. The van der Waals surface area contributed by atoms with Gasteiger partial charge >= 0.3 is 0 Å². The number of carbonyl (C=O) groups is 1. The van der Waals surface area contributed by atoms with Gasteiger partial charge in [0.05, 0.1) is 18.3 Å². The molecule has 1 atom stereocenters. The van der Waals surface area contributed by atoms with Gasteiger partial charge in [0.2, 0.25) is 5.91 Å². The van der Waals surface area contributed by atoms with Crippen molar-refractivity contribution in [2.24, 2.45) is 0 Å². The van der Waals surface area contributed by atoms with Gasteiger partial charge in [-0.1, -0.05) is 12.1 Å². The fourth-order valence-corrected chi connectivity index (χ4v) is 3.73. The number of rotatable bonds is 8. The van der Waals surface area contributed by atoms with E-state index >= 15 is 0 Å². The van der Waals surface area contributed by atoms with Crippen LogP contribution in [0.3, 0.4) is 0 Å². The van der Waals surface area contributed by atoms with Gasteiger partial charge in [-0.15, -0.1) is 0 Å². The molecule has 1 aliphatic heterocycles. The van der Waals surface area contributed by atoms with Gasteiger partial charge in [0, 0.05) is 26.6 Å². The number of aryl methyl sites for hydroxylation is 1. The van der Waals surface area contributed by atoms with E-state index in [0.29, 0.717) is 13.0 Å². The average Bonchev–Trinajstić information content (AvgIpc) is 3.15. The van der Waals surface area contributed by atoms with E-state index in [9.17, 15) is 9.18 Å². The number of amides is 1. The molecule has 3 rings (SSSR count). The Kier molecular flexibility index (Phi) is 7.14. The Balaban J connectivity index is 1.57. The van der Waals surface area contributed by atoms with Gasteiger partial charge in [0.25, 0.3) is 0 Å². The van der Waals surface area contributed by atoms with Crippen molar-refractivity contribution in [3.63, 3.8) is 0 Å². The second-order valence-corrected chi connectivity index (χ2v) is 7.72. The summed E-state index contributed by atoms with van der Waals surface area (Å²) in [6.45, 7) is 1.51. The minimum absolute atomic E-state index is 0.0799. The van der Waals surface area contributed by atoms with Crippen molar-refractivity contribution in [2.75, 3.05) is 33.0 Å². The molecule has 0 spiro atoms. The Morgan fingerprint density at radius 1 is 1.31 bits per heavy atom. The molecule has 0 bridgehead atoms. The van der Waals surface area contributed by atoms with Gasteiger partial charge in [-0.05, 0) is 57.0 Å². The first-order valence-corrected chi connectivity index (χ1v) is 10.2. The maximum absolute atomic E-state index is 13.0. The summed E-state index contributed by atoms with van der Waals surface area (Å²) < 4.78 is 13.0. The number of carbonyl (C=O) groups excluding carboxylic acids is 1. The summed E-state index contributed by atoms with van der Waals surface area (Å²) in [5, 5.41) is 3.11. The molecule has 7 heteroatoms. The lowest BCUT2D eigenvalue weighted by molar-refractivity contribution is -0.130. The zero-order valence-electron chi connectivity index (χ0n) is 17.5. The number of hydrogen-bond donors (Lipinski definition) is 1. The van der Waals surface area contributed by atoms with E-state index in [2.05, 4.69) is 22.2 Å². The summed E-state index contributed by atoms with van der Waals surface area (Å²) >= 11 is 0. The molecule has 2 aromatic rings. The largest absolute Gasteiger partial charge is 0.373 e. The molecule has 0 unspecified atom stereocenters. The maximum atomic E-state index is 13.0. The maximum Gasteiger partial charge on any atom is 0.222 e. The summed E-state index contributed by atoms with van der Waals surface area (Å²) in [7, 11) is 5.75. The zero-order valence-corrected chi connectivity index (χ0v) is 17.5. The van der Waals surface area contributed by atoms with Crippen molar-refractivity contribution in [1.29, 1.82) is 0 Å². The normalized spacial score (nSPS) is 16.8. The number of anilines is 1. The predicted molar refractivity (Wildman–Crippen MR) is 112 cm³/mol. The first-order chi connectivity index (χ1) is 14.0. The highest BCUT2D eigenvalue weighted by atomic mass is 19.1. The molecule has 0 saturated carbocycles. The van der Waals surface area contributed by atoms with E-state index in [1.54, 1.807) is 17.0 Å². The molecule has 1 aliphatic rings. The SMILES string of the molecule is CNc1cc(CN(C)C(=O)CCCc2ccc(F)cc2)nc([C@H]2CCCN2C)n1. The van der Waals surface area contributed by atoms with Crippen molar-refractivity contribution < 1.29 is 9.18 Å². The summed E-state index contributed by atoms with van der Waals surface area (Å²) in [5.74, 6) is 1.45. The van der Waals surface area contributed by atoms with Gasteiger partial charge in [-0.3, -0.25) is 9.69 Å². The Hall–Kier alpha value is -2.54. The molecule has 1 amide bonds. The molecule has 6 nitrogen and oxygen atoms in total. The minimum Gasteiger partial charge on any atom is -0.373 e. The van der Waals surface area contributed by atoms with Crippen LogP contribution in [0.5, 0.6) is 0 Å². The minimum atomic E-state index is -0.237. The highest BCUT2D eigenvalue weighted by Crippen LogP contribution is 2.29. The van der Waals surface area contributed by atoms with E-state index in [-0.39, 0.29) is 17.8 Å². The van der Waals surface area contributed by atoms with Gasteiger partial charge in [-0.2, -0.15) is 0 Å². The summed E-state index contributed by atoms with van der Waals surface area (Å²) in [5.41, 5.74) is 1.88. The van der Waals surface area contributed by atoms with Crippen LogP contribution in [0.15, 0.2) is 30.3 Å². The highest BCUT2D eigenvalue weighted by molar-refractivity contribution is 5.75. The number of likely N-dealkylation sites (tertiary alicyclic amines) is 1. The Morgan fingerprint density at radius 2 is 2.07 bits per heavy atom. The predicted octanol–water partition coefficient (Wildman–Crippen LogP) is 3.41. The Labute approximate surface area is 172 Å². The van der Waals surface area contributed by atoms with Gasteiger partial charge < -0.3 is 10.2 Å². The van der Waals surface area contributed by atoms with Crippen LogP contribution in [0.25, 0.3) is 0 Å². The highest BCUT2D eigenvalue weighted by Gasteiger charge is 2.26. The van der Waals surface area contributed by atoms with E-state index in [0.717, 1.165) is 55.1 Å². The van der Waals surface area contributed by atoms with Crippen LogP contribution >= 0.6 is 0 Å². The Bertz CT molecular complexity index is 826. The van der Waals surface area contributed by atoms with Crippen LogP contribution in [0.1, 0.15) is 48.8 Å². The summed E-state index contributed by atoms with van der Waals surface area (Å²) in [6.07, 6.45) is 4.15. The molecule has 29 heavy (non-hydrogen) atoms.